The standard InChI is InChI=1S/C22H23F5O3/c1-3-28-15-8-5-14(6-9-15)17-10-11-18(20(23)19(17)21(24)25)22(26,27)30-16-7-4-13(2)29-12-16/h5-6,8-11,13,16,21H,3-4,7,12H2,1-2H3. The van der Waals surface area contributed by atoms with Crippen LogP contribution in [0, 0.1) is 5.82 Å². The average molecular weight is 430 g/mol. The Hall–Kier alpha value is -2.19. The topological polar surface area (TPSA) is 27.7 Å². The van der Waals surface area contributed by atoms with Crippen LogP contribution in [-0.4, -0.2) is 25.4 Å². The Kier molecular flexibility index (Phi) is 6.98. The largest absolute Gasteiger partial charge is 0.494 e. The molecule has 0 amide bonds. The molecule has 2 aromatic rings. The highest BCUT2D eigenvalue weighted by Crippen LogP contribution is 2.41. The number of halogens is 5. The summed E-state index contributed by atoms with van der Waals surface area (Å²) in [5.41, 5.74) is -2.21. The quantitative estimate of drug-likeness (QED) is 0.472. The van der Waals surface area contributed by atoms with Crippen molar-refractivity contribution in [3.8, 4) is 16.9 Å². The molecule has 1 fully saturated rings. The summed E-state index contributed by atoms with van der Waals surface area (Å²) in [6, 6.07) is 7.88. The molecule has 2 aromatic carbocycles. The van der Waals surface area contributed by atoms with Crippen LogP contribution in [0.5, 0.6) is 5.75 Å². The molecule has 2 atom stereocenters. The average Bonchev–Trinajstić information content (AvgIpc) is 2.69. The third kappa shape index (κ3) is 4.92. The van der Waals surface area contributed by atoms with Crippen LogP contribution in [0.2, 0.25) is 0 Å². The fourth-order valence-corrected chi connectivity index (χ4v) is 3.40. The van der Waals surface area contributed by atoms with Crippen molar-refractivity contribution in [1.29, 1.82) is 0 Å². The van der Waals surface area contributed by atoms with Crippen molar-refractivity contribution in [2.24, 2.45) is 0 Å². The minimum atomic E-state index is -4.07. The smallest absolute Gasteiger partial charge is 0.386 e. The Balaban J connectivity index is 1.92. The van der Waals surface area contributed by atoms with Crippen molar-refractivity contribution in [3.05, 3.63) is 53.3 Å². The van der Waals surface area contributed by atoms with E-state index in [4.69, 9.17) is 14.2 Å². The van der Waals surface area contributed by atoms with Gasteiger partial charge in [-0.05, 0) is 56.0 Å². The van der Waals surface area contributed by atoms with Gasteiger partial charge in [0, 0.05) is 0 Å². The molecule has 164 valence electrons. The summed E-state index contributed by atoms with van der Waals surface area (Å²) in [6.45, 7) is 3.96. The highest BCUT2D eigenvalue weighted by molar-refractivity contribution is 5.69. The van der Waals surface area contributed by atoms with E-state index in [1.165, 1.54) is 12.1 Å². The summed E-state index contributed by atoms with van der Waals surface area (Å²) in [6.07, 6.45) is -7.56. The maximum atomic E-state index is 14.9. The lowest BCUT2D eigenvalue weighted by atomic mass is 9.96. The lowest BCUT2D eigenvalue weighted by Crippen LogP contribution is -2.35. The number of hydrogen-bond donors (Lipinski definition) is 0. The highest BCUT2D eigenvalue weighted by atomic mass is 19.3. The van der Waals surface area contributed by atoms with Gasteiger partial charge in [-0.3, -0.25) is 0 Å². The van der Waals surface area contributed by atoms with Crippen LogP contribution in [-0.2, 0) is 15.6 Å². The van der Waals surface area contributed by atoms with Crippen molar-refractivity contribution in [1.82, 2.24) is 0 Å². The molecule has 0 aromatic heterocycles. The van der Waals surface area contributed by atoms with E-state index in [1.54, 1.807) is 19.1 Å². The molecule has 1 aliphatic heterocycles. The summed E-state index contributed by atoms with van der Waals surface area (Å²) in [7, 11) is 0. The van der Waals surface area contributed by atoms with E-state index in [0.717, 1.165) is 12.1 Å². The van der Waals surface area contributed by atoms with Gasteiger partial charge in [-0.1, -0.05) is 18.2 Å². The lowest BCUT2D eigenvalue weighted by molar-refractivity contribution is -0.289. The zero-order chi connectivity index (χ0) is 21.9. The molecule has 3 nitrogen and oxygen atoms in total. The van der Waals surface area contributed by atoms with Crippen LogP contribution < -0.4 is 4.74 Å². The van der Waals surface area contributed by atoms with Crippen LogP contribution in [0.4, 0.5) is 22.0 Å². The molecular weight excluding hydrogens is 407 g/mol. The van der Waals surface area contributed by atoms with Crippen LogP contribution in [0.15, 0.2) is 36.4 Å². The number of hydrogen-bond acceptors (Lipinski definition) is 3. The van der Waals surface area contributed by atoms with E-state index in [2.05, 4.69) is 0 Å². The molecule has 0 aliphatic carbocycles. The number of rotatable bonds is 7. The number of benzene rings is 2. The van der Waals surface area contributed by atoms with Crippen LogP contribution in [0.3, 0.4) is 0 Å². The van der Waals surface area contributed by atoms with Crippen molar-refractivity contribution >= 4 is 0 Å². The van der Waals surface area contributed by atoms with Crippen molar-refractivity contribution in [2.45, 2.75) is 51.4 Å². The van der Waals surface area contributed by atoms with E-state index in [9.17, 15) is 22.0 Å². The van der Waals surface area contributed by atoms with E-state index >= 15 is 0 Å². The molecular formula is C22H23F5O3. The van der Waals surface area contributed by atoms with Gasteiger partial charge in [0.15, 0.2) is 0 Å². The Morgan fingerprint density at radius 3 is 2.37 bits per heavy atom. The molecule has 8 heteroatoms. The van der Waals surface area contributed by atoms with Gasteiger partial charge in [0.2, 0.25) is 0 Å². The lowest BCUT2D eigenvalue weighted by Gasteiger charge is -2.30. The van der Waals surface area contributed by atoms with Crippen LogP contribution in [0.25, 0.3) is 11.1 Å². The monoisotopic (exact) mass is 430 g/mol. The van der Waals surface area contributed by atoms with Gasteiger partial charge in [-0.15, -0.1) is 0 Å². The molecule has 30 heavy (non-hydrogen) atoms. The third-order valence-corrected chi connectivity index (χ3v) is 4.96. The highest BCUT2D eigenvalue weighted by Gasteiger charge is 2.41. The first-order valence-electron chi connectivity index (χ1n) is 9.74. The second-order valence-electron chi connectivity index (χ2n) is 7.12. The molecule has 0 N–H and O–H groups in total. The molecule has 2 unspecified atom stereocenters. The first-order chi connectivity index (χ1) is 14.2. The summed E-state index contributed by atoms with van der Waals surface area (Å²) in [5, 5.41) is 0. The van der Waals surface area contributed by atoms with Crippen molar-refractivity contribution in [2.75, 3.05) is 13.2 Å². The molecule has 1 aliphatic rings. The van der Waals surface area contributed by atoms with Gasteiger partial charge in [-0.2, -0.15) is 8.78 Å². The van der Waals surface area contributed by atoms with E-state index < -0.39 is 35.6 Å². The summed E-state index contributed by atoms with van der Waals surface area (Å²) >= 11 is 0. The second-order valence-corrected chi connectivity index (χ2v) is 7.12. The molecule has 1 saturated heterocycles. The summed E-state index contributed by atoms with van der Waals surface area (Å²) in [4.78, 5) is 0. The Bertz CT molecular complexity index is 847. The predicted octanol–water partition coefficient (Wildman–Crippen LogP) is 6.46. The number of alkyl halides is 4. The molecule has 3 rings (SSSR count). The summed E-state index contributed by atoms with van der Waals surface area (Å²) in [5.74, 6) is -1.16. The van der Waals surface area contributed by atoms with Crippen LogP contribution in [0.1, 0.15) is 44.2 Å². The molecule has 0 bridgehead atoms. The van der Waals surface area contributed by atoms with E-state index in [1.807, 2.05) is 6.92 Å². The molecule has 0 spiro atoms. The molecule has 0 saturated carbocycles. The predicted molar refractivity (Wildman–Crippen MR) is 101 cm³/mol. The third-order valence-electron chi connectivity index (χ3n) is 4.96. The normalized spacial score (nSPS) is 19.9. The van der Waals surface area contributed by atoms with Gasteiger partial charge in [0.1, 0.15) is 11.6 Å². The van der Waals surface area contributed by atoms with Crippen molar-refractivity contribution < 1.29 is 36.2 Å². The Morgan fingerprint density at radius 2 is 1.80 bits per heavy atom. The number of ether oxygens (including phenoxy) is 3. The maximum Gasteiger partial charge on any atom is 0.386 e. The van der Waals surface area contributed by atoms with Gasteiger partial charge in [0.05, 0.1) is 36.5 Å². The first-order valence-corrected chi connectivity index (χ1v) is 9.74. The second kappa shape index (κ2) is 9.31. The van der Waals surface area contributed by atoms with Gasteiger partial charge in [0.25, 0.3) is 6.43 Å². The molecule has 1 heterocycles. The minimum Gasteiger partial charge on any atom is -0.494 e. The van der Waals surface area contributed by atoms with Gasteiger partial charge < -0.3 is 14.2 Å². The zero-order valence-electron chi connectivity index (χ0n) is 16.6. The van der Waals surface area contributed by atoms with Crippen molar-refractivity contribution in [3.63, 3.8) is 0 Å². The zero-order valence-corrected chi connectivity index (χ0v) is 16.6. The Labute approximate surface area is 171 Å². The first kappa shape index (κ1) is 22.5. The SMILES string of the molecule is CCOc1ccc(-c2ccc(C(F)(F)OC3CCC(C)OC3)c(F)c2C(F)F)cc1. The maximum absolute atomic E-state index is 14.9. The van der Waals surface area contributed by atoms with E-state index in [0.29, 0.717) is 25.2 Å². The minimum absolute atomic E-state index is 0.0651. The van der Waals surface area contributed by atoms with Gasteiger partial charge in [-0.25, -0.2) is 13.2 Å². The fourth-order valence-electron chi connectivity index (χ4n) is 3.40. The van der Waals surface area contributed by atoms with Gasteiger partial charge >= 0.3 is 6.11 Å². The summed E-state index contributed by atoms with van der Waals surface area (Å²) < 4.78 is 86.8. The fraction of sp³-hybridized carbons (Fsp3) is 0.455. The Morgan fingerprint density at radius 1 is 1.10 bits per heavy atom. The molecule has 0 radical (unpaired) electrons. The van der Waals surface area contributed by atoms with E-state index in [-0.39, 0.29) is 23.8 Å². The van der Waals surface area contributed by atoms with Crippen LogP contribution >= 0.6 is 0 Å².